The molecule has 1 aliphatic rings. The van der Waals surface area contributed by atoms with Crippen molar-refractivity contribution in [3.05, 3.63) is 12.7 Å². The van der Waals surface area contributed by atoms with E-state index in [1.807, 2.05) is 0 Å². The van der Waals surface area contributed by atoms with E-state index in [1.54, 1.807) is 0 Å². The summed E-state index contributed by atoms with van der Waals surface area (Å²) < 4.78 is 5.31. The van der Waals surface area contributed by atoms with Crippen LogP contribution in [0.25, 0.3) is 11.2 Å². The van der Waals surface area contributed by atoms with Crippen LogP contribution in [0, 0.1) is 0 Å². The van der Waals surface area contributed by atoms with Crippen molar-refractivity contribution in [3.63, 3.8) is 0 Å². The van der Waals surface area contributed by atoms with E-state index in [-0.39, 0.29) is 6.61 Å². The lowest BCUT2D eigenvalue weighted by Crippen LogP contribution is -2.36. The average Bonchev–Trinajstić information content (AvgIpc) is 2.99. The molecule has 9 nitrogen and oxygen atoms in total. The number of nitrogens with zero attached hydrogens (tertiary/aromatic N) is 3. The molecule has 0 spiro atoms. The zero-order valence-corrected chi connectivity index (χ0v) is 9.76. The molecule has 1 saturated heterocycles. The van der Waals surface area contributed by atoms with Gasteiger partial charge in [0, 0.05) is 0 Å². The molecule has 2 aromatic rings. The number of hydrogen-bond acceptors (Lipinski definition) is 8. The second-order valence-electron chi connectivity index (χ2n) is 4.23. The number of hydrogen-bond donors (Lipinski definition) is 5. The van der Waals surface area contributed by atoms with Gasteiger partial charge >= 0.3 is 0 Å². The summed E-state index contributed by atoms with van der Waals surface area (Å²) in [7, 11) is 0. The van der Waals surface area contributed by atoms with Crippen LogP contribution in [0.4, 0.5) is 5.82 Å². The molecule has 0 amide bonds. The van der Waals surface area contributed by atoms with Crippen LogP contribution in [-0.2, 0) is 4.74 Å². The first-order chi connectivity index (χ1) is 9.20. The van der Waals surface area contributed by atoms with Crippen molar-refractivity contribution >= 4 is 17.0 Å². The topological polar surface area (TPSA) is 136 Å². The molecule has 0 aliphatic carbocycles. The first-order valence-corrected chi connectivity index (χ1v) is 5.74. The van der Waals surface area contributed by atoms with Gasteiger partial charge in [0.25, 0.3) is 0 Å². The van der Waals surface area contributed by atoms with E-state index in [1.165, 1.54) is 12.7 Å². The van der Waals surface area contributed by atoms with Crippen molar-refractivity contribution in [1.82, 2.24) is 19.9 Å². The lowest BCUT2D eigenvalue weighted by atomic mass is 10.1. The number of ether oxygens (including phenoxy) is 1. The molecule has 0 aromatic carbocycles. The molecule has 19 heavy (non-hydrogen) atoms. The zero-order chi connectivity index (χ0) is 13.4. The third kappa shape index (κ3) is 2.02. The van der Waals surface area contributed by atoms with Crippen LogP contribution in [0.15, 0.2) is 12.7 Å². The van der Waals surface area contributed by atoms with Gasteiger partial charge in [-0.25, -0.2) is 15.0 Å². The number of anilines is 1. The van der Waals surface area contributed by atoms with Gasteiger partial charge in [0.2, 0.25) is 0 Å². The minimum atomic E-state index is -1.16. The fourth-order valence-electron chi connectivity index (χ4n) is 2.03. The molecule has 0 bridgehead atoms. The molecule has 4 atom stereocenters. The molecule has 9 heteroatoms. The minimum Gasteiger partial charge on any atom is -0.394 e. The molecule has 102 valence electrons. The zero-order valence-electron chi connectivity index (χ0n) is 9.76. The maximum Gasteiger partial charge on any atom is 0.182 e. The molecule has 4 unspecified atom stereocenters. The molecule has 0 saturated carbocycles. The SMILES string of the molecule is OCC1OC(Nc2ncnc3nc[nH]c23)C(O)C1O. The third-order valence-electron chi connectivity index (χ3n) is 3.04. The summed E-state index contributed by atoms with van der Waals surface area (Å²) in [4.78, 5) is 14.8. The molecular formula is C10H13N5O4. The number of fused-ring (bicyclic) bond motifs is 1. The first-order valence-electron chi connectivity index (χ1n) is 5.74. The van der Waals surface area contributed by atoms with Crippen molar-refractivity contribution in [2.24, 2.45) is 0 Å². The van der Waals surface area contributed by atoms with E-state index in [4.69, 9.17) is 9.84 Å². The summed E-state index contributed by atoms with van der Waals surface area (Å²) in [6.07, 6.45) is -1.21. The van der Waals surface area contributed by atoms with Crippen LogP contribution >= 0.6 is 0 Å². The Hall–Kier alpha value is -1.81. The van der Waals surface area contributed by atoms with E-state index >= 15 is 0 Å². The number of aromatic nitrogens is 4. The Balaban J connectivity index is 1.84. The lowest BCUT2D eigenvalue weighted by Gasteiger charge is -2.16. The summed E-state index contributed by atoms with van der Waals surface area (Å²) in [6.45, 7) is -0.375. The van der Waals surface area contributed by atoms with Crippen molar-refractivity contribution in [1.29, 1.82) is 0 Å². The normalized spacial score (nSPS) is 30.9. The highest BCUT2D eigenvalue weighted by molar-refractivity contribution is 5.82. The monoisotopic (exact) mass is 267 g/mol. The highest BCUT2D eigenvalue weighted by Gasteiger charge is 2.42. The van der Waals surface area contributed by atoms with Gasteiger partial charge in [0.05, 0.1) is 12.9 Å². The van der Waals surface area contributed by atoms with E-state index in [9.17, 15) is 10.2 Å². The predicted molar refractivity (Wildman–Crippen MR) is 63.1 cm³/mol. The smallest absolute Gasteiger partial charge is 0.182 e. The average molecular weight is 267 g/mol. The second-order valence-corrected chi connectivity index (χ2v) is 4.23. The van der Waals surface area contributed by atoms with Gasteiger partial charge in [-0.3, -0.25) is 0 Å². The van der Waals surface area contributed by atoms with Crippen LogP contribution in [-0.4, -0.2) is 66.4 Å². The third-order valence-corrected chi connectivity index (χ3v) is 3.04. The van der Waals surface area contributed by atoms with Crippen molar-refractivity contribution < 1.29 is 20.1 Å². The molecule has 3 heterocycles. The van der Waals surface area contributed by atoms with Crippen LogP contribution in [0.1, 0.15) is 0 Å². The fourth-order valence-corrected chi connectivity index (χ4v) is 2.03. The van der Waals surface area contributed by atoms with Crippen LogP contribution in [0.2, 0.25) is 0 Å². The van der Waals surface area contributed by atoms with Gasteiger partial charge < -0.3 is 30.4 Å². The highest BCUT2D eigenvalue weighted by Crippen LogP contribution is 2.24. The summed E-state index contributed by atoms with van der Waals surface area (Å²) in [6, 6.07) is 0. The Labute approximate surface area is 107 Å². The molecule has 0 radical (unpaired) electrons. The number of aliphatic hydroxyl groups excluding tert-OH is 3. The number of imidazole rings is 1. The molecule has 1 fully saturated rings. The number of nitrogens with one attached hydrogen (secondary N) is 2. The second kappa shape index (κ2) is 4.70. The Kier molecular flexibility index (Phi) is 3.03. The Morgan fingerprint density at radius 1 is 1.26 bits per heavy atom. The standard InChI is InChI=1S/C10H13N5O4/c16-1-4-6(17)7(18)10(19-4)15-9-5-8(12-2-11-5)13-3-14-9/h2-4,6-7,10,16-18H,1H2,(H2,11,12,13,14,15). The number of aromatic amines is 1. The van der Waals surface area contributed by atoms with Crippen molar-refractivity contribution in [2.45, 2.75) is 24.5 Å². The van der Waals surface area contributed by atoms with E-state index < -0.39 is 24.5 Å². The summed E-state index contributed by atoms with van der Waals surface area (Å²) in [5.41, 5.74) is 1.05. The van der Waals surface area contributed by atoms with Gasteiger partial charge in [-0.1, -0.05) is 0 Å². The van der Waals surface area contributed by atoms with E-state index in [2.05, 4.69) is 25.3 Å². The summed E-state index contributed by atoms with van der Waals surface area (Å²) in [5, 5.41) is 31.3. The van der Waals surface area contributed by atoms with Gasteiger partial charge in [-0.15, -0.1) is 0 Å². The maximum atomic E-state index is 9.83. The molecular weight excluding hydrogens is 254 g/mol. The Morgan fingerprint density at radius 3 is 2.84 bits per heavy atom. The number of rotatable bonds is 3. The molecule has 5 N–H and O–H groups in total. The van der Waals surface area contributed by atoms with Gasteiger partial charge in [-0.2, -0.15) is 0 Å². The van der Waals surface area contributed by atoms with Gasteiger partial charge in [-0.05, 0) is 0 Å². The van der Waals surface area contributed by atoms with Crippen LogP contribution < -0.4 is 5.32 Å². The predicted octanol–water partition coefficient (Wildman–Crippen LogP) is -1.80. The molecule has 1 aliphatic heterocycles. The van der Waals surface area contributed by atoms with E-state index in [0.29, 0.717) is 17.0 Å². The lowest BCUT2D eigenvalue weighted by molar-refractivity contribution is -0.0153. The summed E-state index contributed by atoms with van der Waals surface area (Å²) >= 11 is 0. The van der Waals surface area contributed by atoms with Crippen molar-refractivity contribution in [2.75, 3.05) is 11.9 Å². The minimum absolute atomic E-state index is 0.375. The van der Waals surface area contributed by atoms with Crippen LogP contribution in [0.3, 0.4) is 0 Å². The van der Waals surface area contributed by atoms with Crippen molar-refractivity contribution in [3.8, 4) is 0 Å². The van der Waals surface area contributed by atoms with Crippen LogP contribution in [0.5, 0.6) is 0 Å². The van der Waals surface area contributed by atoms with Gasteiger partial charge in [0.1, 0.15) is 30.2 Å². The van der Waals surface area contributed by atoms with Gasteiger partial charge in [0.15, 0.2) is 17.7 Å². The highest BCUT2D eigenvalue weighted by atomic mass is 16.6. The Bertz CT molecular complexity index is 576. The Morgan fingerprint density at radius 2 is 2.11 bits per heavy atom. The molecule has 3 rings (SSSR count). The molecule has 2 aromatic heterocycles. The largest absolute Gasteiger partial charge is 0.394 e. The van der Waals surface area contributed by atoms with E-state index in [0.717, 1.165) is 0 Å². The number of aliphatic hydroxyl groups is 3. The number of H-pyrrole nitrogens is 1. The summed E-state index contributed by atoms with van der Waals surface area (Å²) in [5.74, 6) is 0.400. The maximum absolute atomic E-state index is 9.83. The fraction of sp³-hybridized carbons (Fsp3) is 0.500. The first kappa shape index (κ1) is 12.2. The quantitative estimate of drug-likeness (QED) is 0.439.